The Bertz CT molecular complexity index is 169. The first-order valence-electron chi connectivity index (χ1n) is 4.84. The van der Waals surface area contributed by atoms with Crippen LogP contribution < -0.4 is 0 Å². The van der Waals surface area contributed by atoms with E-state index in [9.17, 15) is 4.79 Å². The molecule has 0 saturated carbocycles. The molecular formula is C10H20O3S. The van der Waals surface area contributed by atoms with E-state index in [1.165, 1.54) is 11.8 Å². The quantitative estimate of drug-likeness (QED) is 0.616. The van der Waals surface area contributed by atoms with Crippen molar-refractivity contribution in [2.24, 2.45) is 0 Å². The highest BCUT2D eigenvalue weighted by atomic mass is 32.2. The maximum atomic E-state index is 11.6. The highest BCUT2D eigenvalue weighted by Crippen LogP contribution is 2.19. The third-order valence-corrected chi connectivity index (χ3v) is 2.80. The van der Waals surface area contributed by atoms with Crippen molar-refractivity contribution in [2.75, 3.05) is 26.1 Å². The Morgan fingerprint density at radius 2 is 2.00 bits per heavy atom. The molecule has 3 nitrogen and oxygen atoms in total. The molecule has 0 bridgehead atoms. The fourth-order valence-corrected chi connectivity index (χ4v) is 1.65. The van der Waals surface area contributed by atoms with Gasteiger partial charge in [-0.15, -0.1) is 0 Å². The van der Waals surface area contributed by atoms with Crippen molar-refractivity contribution < 1.29 is 14.3 Å². The Morgan fingerprint density at radius 3 is 2.50 bits per heavy atom. The van der Waals surface area contributed by atoms with Crippen LogP contribution >= 0.6 is 11.8 Å². The van der Waals surface area contributed by atoms with Crippen molar-refractivity contribution in [1.82, 2.24) is 0 Å². The Morgan fingerprint density at radius 1 is 1.36 bits per heavy atom. The van der Waals surface area contributed by atoms with E-state index in [-0.39, 0.29) is 5.12 Å². The topological polar surface area (TPSA) is 35.5 Å². The molecule has 0 heterocycles. The number of carbonyl (C=O) groups excluding carboxylic acids is 1. The minimum absolute atomic E-state index is 0.0722. The van der Waals surface area contributed by atoms with Gasteiger partial charge in [0, 0.05) is 19.5 Å². The Balaban J connectivity index is 3.82. The standard InChI is InChI=1S/C10H20O3S/c1-5-6-13-10(2,3)9(11)14-8-7-12-4/h5-8H2,1-4H3. The molecular weight excluding hydrogens is 200 g/mol. The van der Waals surface area contributed by atoms with Gasteiger partial charge in [-0.3, -0.25) is 4.79 Å². The molecule has 0 spiro atoms. The molecule has 4 heteroatoms. The fourth-order valence-electron chi connectivity index (χ4n) is 0.808. The first-order valence-corrected chi connectivity index (χ1v) is 5.83. The molecule has 0 saturated heterocycles. The molecule has 0 atom stereocenters. The summed E-state index contributed by atoms with van der Waals surface area (Å²) in [6.45, 7) is 6.87. The summed E-state index contributed by atoms with van der Waals surface area (Å²) in [6.07, 6.45) is 0.930. The zero-order chi connectivity index (χ0) is 11.0. The van der Waals surface area contributed by atoms with Crippen LogP contribution in [0.1, 0.15) is 27.2 Å². The summed E-state index contributed by atoms with van der Waals surface area (Å²) in [5, 5.41) is 0.0722. The molecule has 0 unspecified atom stereocenters. The van der Waals surface area contributed by atoms with Gasteiger partial charge in [0.15, 0.2) is 0 Å². The average Bonchev–Trinajstić information content (AvgIpc) is 2.15. The predicted octanol–water partition coefficient (Wildman–Crippen LogP) is 2.10. The first-order chi connectivity index (χ1) is 6.54. The summed E-state index contributed by atoms with van der Waals surface area (Å²) in [7, 11) is 1.63. The van der Waals surface area contributed by atoms with Crippen molar-refractivity contribution in [3.8, 4) is 0 Å². The van der Waals surface area contributed by atoms with Crippen molar-refractivity contribution in [2.45, 2.75) is 32.8 Å². The molecule has 84 valence electrons. The summed E-state index contributed by atoms with van der Waals surface area (Å²) >= 11 is 1.27. The van der Waals surface area contributed by atoms with Crippen LogP contribution in [0.15, 0.2) is 0 Å². The van der Waals surface area contributed by atoms with Gasteiger partial charge in [-0.25, -0.2) is 0 Å². The zero-order valence-corrected chi connectivity index (χ0v) is 10.3. The molecule has 0 aromatic heterocycles. The monoisotopic (exact) mass is 220 g/mol. The summed E-state index contributed by atoms with van der Waals surface area (Å²) in [5.74, 6) is 0.689. The van der Waals surface area contributed by atoms with Crippen LogP contribution in [0.25, 0.3) is 0 Å². The van der Waals surface area contributed by atoms with Crippen LogP contribution in [0.4, 0.5) is 0 Å². The van der Waals surface area contributed by atoms with Gasteiger partial charge >= 0.3 is 0 Å². The maximum Gasteiger partial charge on any atom is 0.220 e. The molecule has 0 aliphatic heterocycles. The molecule has 0 aromatic carbocycles. The van der Waals surface area contributed by atoms with E-state index in [0.717, 1.165) is 6.42 Å². The van der Waals surface area contributed by atoms with Crippen LogP contribution in [0.3, 0.4) is 0 Å². The van der Waals surface area contributed by atoms with Gasteiger partial charge in [0.05, 0.1) is 6.61 Å². The lowest BCUT2D eigenvalue weighted by Crippen LogP contribution is -2.33. The van der Waals surface area contributed by atoms with Crippen LogP contribution in [0.5, 0.6) is 0 Å². The molecule has 0 aliphatic carbocycles. The molecule has 0 radical (unpaired) electrons. The lowest BCUT2D eigenvalue weighted by atomic mass is 10.2. The first kappa shape index (κ1) is 13.9. The number of hydrogen-bond acceptors (Lipinski definition) is 4. The predicted molar refractivity (Wildman–Crippen MR) is 59.7 cm³/mol. The van der Waals surface area contributed by atoms with Crippen molar-refractivity contribution in [3.05, 3.63) is 0 Å². The lowest BCUT2D eigenvalue weighted by Gasteiger charge is -2.22. The van der Waals surface area contributed by atoms with E-state index < -0.39 is 5.60 Å². The van der Waals surface area contributed by atoms with Gasteiger partial charge in [-0.1, -0.05) is 18.7 Å². The highest BCUT2D eigenvalue weighted by Gasteiger charge is 2.27. The van der Waals surface area contributed by atoms with Gasteiger partial charge in [-0.05, 0) is 20.3 Å². The minimum atomic E-state index is -0.672. The number of rotatable bonds is 7. The second-order valence-corrected chi connectivity index (χ2v) is 4.56. The summed E-state index contributed by atoms with van der Waals surface area (Å²) in [5.41, 5.74) is -0.672. The van der Waals surface area contributed by atoms with Gasteiger partial charge in [0.2, 0.25) is 5.12 Å². The van der Waals surface area contributed by atoms with Crippen molar-refractivity contribution >= 4 is 16.9 Å². The number of thioether (sulfide) groups is 1. The van der Waals surface area contributed by atoms with Crippen molar-refractivity contribution in [3.63, 3.8) is 0 Å². The van der Waals surface area contributed by atoms with Crippen LogP contribution in [0.2, 0.25) is 0 Å². The third-order valence-electron chi connectivity index (χ3n) is 1.68. The number of methoxy groups -OCH3 is 1. The largest absolute Gasteiger partial charge is 0.384 e. The Kier molecular flexibility index (Phi) is 7.23. The maximum absolute atomic E-state index is 11.6. The molecule has 14 heavy (non-hydrogen) atoms. The highest BCUT2D eigenvalue weighted by molar-refractivity contribution is 8.13. The molecule has 0 aromatic rings. The summed E-state index contributed by atoms with van der Waals surface area (Å²) in [4.78, 5) is 11.6. The SMILES string of the molecule is CCCOC(C)(C)C(=O)SCCOC. The molecule has 0 amide bonds. The van der Waals surface area contributed by atoms with Crippen LogP contribution in [-0.4, -0.2) is 36.8 Å². The van der Waals surface area contributed by atoms with E-state index in [4.69, 9.17) is 9.47 Å². The lowest BCUT2D eigenvalue weighted by molar-refractivity contribution is -0.130. The molecule has 0 fully saturated rings. The second-order valence-electron chi connectivity index (χ2n) is 3.49. The van der Waals surface area contributed by atoms with E-state index >= 15 is 0 Å². The van der Waals surface area contributed by atoms with E-state index in [0.29, 0.717) is 19.0 Å². The van der Waals surface area contributed by atoms with E-state index in [1.807, 2.05) is 20.8 Å². The summed E-state index contributed by atoms with van der Waals surface area (Å²) in [6, 6.07) is 0. The van der Waals surface area contributed by atoms with Gasteiger partial charge < -0.3 is 9.47 Å². The van der Waals surface area contributed by atoms with Crippen LogP contribution in [0, 0.1) is 0 Å². The van der Waals surface area contributed by atoms with E-state index in [2.05, 4.69) is 0 Å². The average molecular weight is 220 g/mol. The molecule has 0 aliphatic rings. The van der Waals surface area contributed by atoms with Gasteiger partial charge in [0.25, 0.3) is 0 Å². The smallest absolute Gasteiger partial charge is 0.220 e. The van der Waals surface area contributed by atoms with Crippen LogP contribution in [-0.2, 0) is 14.3 Å². The minimum Gasteiger partial charge on any atom is -0.384 e. The third kappa shape index (κ3) is 5.62. The Hall–Kier alpha value is -0.0600. The van der Waals surface area contributed by atoms with Crippen molar-refractivity contribution in [1.29, 1.82) is 0 Å². The normalized spacial score (nSPS) is 11.7. The molecule has 0 N–H and O–H groups in total. The Labute approximate surface area is 90.5 Å². The number of hydrogen-bond donors (Lipinski definition) is 0. The summed E-state index contributed by atoms with van der Waals surface area (Å²) < 4.78 is 10.3. The number of ether oxygens (including phenoxy) is 2. The van der Waals surface area contributed by atoms with E-state index in [1.54, 1.807) is 7.11 Å². The zero-order valence-electron chi connectivity index (χ0n) is 9.46. The fraction of sp³-hybridized carbons (Fsp3) is 0.900. The number of carbonyl (C=O) groups is 1. The van der Waals surface area contributed by atoms with Gasteiger partial charge in [-0.2, -0.15) is 0 Å². The second kappa shape index (κ2) is 7.26. The molecule has 0 rings (SSSR count). The van der Waals surface area contributed by atoms with Gasteiger partial charge in [0.1, 0.15) is 5.60 Å².